The van der Waals surface area contributed by atoms with Gasteiger partial charge in [0.15, 0.2) is 17.3 Å². The predicted octanol–water partition coefficient (Wildman–Crippen LogP) is 2.27. The molecule has 0 aromatic heterocycles. The van der Waals surface area contributed by atoms with Crippen LogP contribution < -0.4 is 14.8 Å². The first kappa shape index (κ1) is 12.2. The Morgan fingerprint density at radius 1 is 1.29 bits per heavy atom. The van der Waals surface area contributed by atoms with Gasteiger partial charge < -0.3 is 14.8 Å². The Kier molecular flexibility index (Phi) is 3.84. The topological polar surface area (TPSA) is 30.5 Å². The van der Waals surface area contributed by atoms with Gasteiger partial charge in [0.05, 0.1) is 7.11 Å². The number of methoxy groups -OCH3 is 1. The SMILES string of the molecule is COc1c(F)cc(C)cc1OC1CCNCC1. The monoisotopic (exact) mass is 239 g/mol. The molecule has 2 rings (SSSR count). The van der Waals surface area contributed by atoms with E-state index in [0.717, 1.165) is 31.5 Å². The van der Waals surface area contributed by atoms with Gasteiger partial charge >= 0.3 is 0 Å². The Morgan fingerprint density at radius 3 is 2.65 bits per heavy atom. The lowest BCUT2D eigenvalue weighted by atomic mass is 10.1. The van der Waals surface area contributed by atoms with Crippen LogP contribution >= 0.6 is 0 Å². The maximum atomic E-state index is 13.6. The van der Waals surface area contributed by atoms with Crippen LogP contribution in [0, 0.1) is 12.7 Å². The number of halogens is 1. The third kappa shape index (κ3) is 2.88. The fourth-order valence-electron chi connectivity index (χ4n) is 2.08. The van der Waals surface area contributed by atoms with Gasteiger partial charge in [-0.25, -0.2) is 4.39 Å². The highest BCUT2D eigenvalue weighted by Crippen LogP contribution is 2.33. The van der Waals surface area contributed by atoms with Crippen LogP contribution in [0.4, 0.5) is 4.39 Å². The molecule has 1 aromatic rings. The molecule has 1 aliphatic heterocycles. The minimum Gasteiger partial charge on any atom is -0.490 e. The summed E-state index contributed by atoms with van der Waals surface area (Å²) in [6.07, 6.45) is 2.03. The lowest BCUT2D eigenvalue weighted by Crippen LogP contribution is -2.34. The third-order valence-electron chi connectivity index (χ3n) is 2.94. The fourth-order valence-corrected chi connectivity index (χ4v) is 2.08. The Morgan fingerprint density at radius 2 is 2.00 bits per heavy atom. The first-order valence-electron chi connectivity index (χ1n) is 5.92. The van der Waals surface area contributed by atoms with E-state index in [1.165, 1.54) is 13.2 Å². The molecule has 0 amide bonds. The van der Waals surface area contributed by atoms with Gasteiger partial charge in [-0.05, 0) is 50.6 Å². The van der Waals surface area contributed by atoms with E-state index in [-0.39, 0.29) is 17.7 Å². The number of piperidine rings is 1. The molecule has 0 aliphatic carbocycles. The third-order valence-corrected chi connectivity index (χ3v) is 2.94. The number of aryl methyl sites for hydroxylation is 1. The molecule has 1 saturated heterocycles. The highest BCUT2D eigenvalue weighted by molar-refractivity contribution is 5.44. The summed E-state index contributed by atoms with van der Waals surface area (Å²) in [5.74, 6) is 0.350. The first-order valence-corrected chi connectivity index (χ1v) is 5.92. The van der Waals surface area contributed by atoms with Crippen molar-refractivity contribution in [1.82, 2.24) is 5.32 Å². The second-order valence-corrected chi connectivity index (χ2v) is 4.35. The standard InChI is InChI=1S/C13H18FNO2/c1-9-7-11(14)13(16-2)12(8-9)17-10-3-5-15-6-4-10/h7-8,10,15H,3-6H2,1-2H3. The van der Waals surface area contributed by atoms with Crippen LogP contribution in [0.2, 0.25) is 0 Å². The van der Waals surface area contributed by atoms with Gasteiger partial charge in [-0.1, -0.05) is 0 Å². The van der Waals surface area contributed by atoms with E-state index in [1.54, 1.807) is 0 Å². The van der Waals surface area contributed by atoms with Crippen molar-refractivity contribution in [3.05, 3.63) is 23.5 Å². The zero-order valence-electron chi connectivity index (χ0n) is 10.3. The normalized spacial score (nSPS) is 16.9. The number of nitrogens with one attached hydrogen (secondary N) is 1. The summed E-state index contributed by atoms with van der Waals surface area (Å²) in [6.45, 7) is 3.74. The molecule has 0 saturated carbocycles. The highest BCUT2D eigenvalue weighted by atomic mass is 19.1. The number of ether oxygens (including phenoxy) is 2. The van der Waals surface area contributed by atoms with Crippen LogP contribution in [0.3, 0.4) is 0 Å². The van der Waals surface area contributed by atoms with Gasteiger partial charge in [-0.3, -0.25) is 0 Å². The summed E-state index contributed by atoms with van der Waals surface area (Å²) in [6, 6.07) is 3.28. The van der Waals surface area contributed by atoms with Crippen LogP contribution in [0.15, 0.2) is 12.1 Å². The van der Waals surface area contributed by atoms with Crippen molar-refractivity contribution in [2.45, 2.75) is 25.9 Å². The lowest BCUT2D eigenvalue weighted by Gasteiger charge is -2.25. The quantitative estimate of drug-likeness (QED) is 0.877. The summed E-state index contributed by atoms with van der Waals surface area (Å²) in [7, 11) is 1.46. The number of benzene rings is 1. The summed E-state index contributed by atoms with van der Waals surface area (Å²) in [4.78, 5) is 0. The molecule has 0 bridgehead atoms. The van der Waals surface area contributed by atoms with Crippen molar-refractivity contribution < 1.29 is 13.9 Å². The molecular weight excluding hydrogens is 221 g/mol. The van der Waals surface area contributed by atoms with Gasteiger partial charge in [-0.15, -0.1) is 0 Å². The summed E-state index contributed by atoms with van der Waals surface area (Å²) >= 11 is 0. The van der Waals surface area contributed by atoms with E-state index >= 15 is 0 Å². The van der Waals surface area contributed by atoms with Gasteiger partial charge in [0.25, 0.3) is 0 Å². The van der Waals surface area contributed by atoms with Crippen molar-refractivity contribution >= 4 is 0 Å². The Labute approximate surface area is 101 Å². The predicted molar refractivity (Wildman–Crippen MR) is 64.2 cm³/mol. The van der Waals surface area contributed by atoms with Crippen molar-refractivity contribution in [3.63, 3.8) is 0 Å². The number of rotatable bonds is 3. The Balaban J connectivity index is 2.18. The minimum absolute atomic E-state index is 0.145. The first-order chi connectivity index (χ1) is 8.20. The van der Waals surface area contributed by atoms with Crippen molar-refractivity contribution in [3.8, 4) is 11.5 Å². The largest absolute Gasteiger partial charge is 0.490 e. The molecule has 0 spiro atoms. The van der Waals surface area contributed by atoms with Gasteiger partial charge in [0, 0.05) is 0 Å². The molecular formula is C13H18FNO2. The molecule has 0 unspecified atom stereocenters. The molecule has 1 heterocycles. The Hall–Kier alpha value is -1.29. The zero-order valence-corrected chi connectivity index (χ0v) is 10.3. The van der Waals surface area contributed by atoms with Crippen molar-refractivity contribution in [2.75, 3.05) is 20.2 Å². The summed E-state index contributed by atoms with van der Waals surface area (Å²) in [5.41, 5.74) is 0.840. The van der Waals surface area contributed by atoms with Crippen LogP contribution in [-0.4, -0.2) is 26.3 Å². The molecule has 1 N–H and O–H groups in total. The van der Waals surface area contributed by atoms with Gasteiger partial charge in [-0.2, -0.15) is 0 Å². The maximum absolute atomic E-state index is 13.6. The second kappa shape index (κ2) is 5.36. The van der Waals surface area contributed by atoms with Crippen LogP contribution in [0.25, 0.3) is 0 Å². The van der Waals surface area contributed by atoms with E-state index < -0.39 is 0 Å². The maximum Gasteiger partial charge on any atom is 0.196 e. The lowest BCUT2D eigenvalue weighted by molar-refractivity contribution is 0.155. The molecule has 3 nitrogen and oxygen atoms in total. The van der Waals surface area contributed by atoms with Crippen LogP contribution in [0.1, 0.15) is 18.4 Å². The number of hydrogen-bond donors (Lipinski definition) is 1. The van der Waals surface area contributed by atoms with E-state index in [1.807, 2.05) is 13.0 Å². The van der Waals surface area contributed by atoms with E-state index in [2.05, 4.69) is 5.32 Å². The summed E-state index contributed by atoms with van der Waals surface area (Å²) in [5, 5.41) is 3.27. The molecule has 0 atom stereocenters. The van der Waals surface area contributed by atoms with Gasteiger partial charge in [0.2, 0.25) is 0 Å². The fraction of sp³-hybridized carbons (Fsp3) is 0.538. The Bertz CT molecular complexity index is 389. The number of hydrogen-bond acceptors (Lipinski definition) is 3. The van der Waals surface area contributed by atoms with Crippen molar-refractivity contribution in [2.24, 2.45) is 0 Å². The average molecular weight is 239 g/mol. The second-order valence-electron chi connectivity index (χ2n) is 4.35. The van der Waals surface area contributed by atoms with E-state index in [4.69, 9.17) is 9.47 Å². The average Bonchev–Trinajstić information content (AvgIpc) is 2.30. The molecule has 1 aliphatic rings. The molecule has 94 valence electrons. The molecule has 17 heavy (non-hydrogen) atoms. The highest BCUT2D eigenvalue weighted by Gasteiger charge is 2.18. The van der Waals surface area contributed by atoms with E-state index in [0.29, 0.717) is 5.75 Å². The molecule has 1 aromatic carbocycles. The van der Waals surface area contributed by atoms with Crippen LogP contribution in [-0.2, 0) is 0 Å². The van der Waals surface area contributed by atoms with E-state index in [9.17, 15) is 4.39 Å². The summed E-state index contributed by atoms with van der Waals surface area (Å²) < 4.78 is 24.5. The van der Waals surface area contributed by atoms with Crippen molar-refractivity contribution in [1.29, 1.82) is 0 Å². The minimum atomic E-state index is -0.364. The molecule has 4 heteroatoms. The van der Waals surface area contributed by atoms with Crippen LogP contribution in [0.5, 0.6) is 11.5 Å². The zero-order chi connectivity index (χ0) is 12.3. The van der Waals surface area contributed by atoms with Gasteiger partial charge in [0.1, 0.15) is 6.10 Å². The molecule has 0 radical (unpaired) electrons. The smallest absolute Gasteiger partial charge is 0.196 e. The molecule has 1 fully saturated rings.